The summed E-state index contributed by atoms with van der Waals surface area (Å²) in [7, 11) is 0. The van der Waals surface area contributed by atoms with E-state index in [0.29, 0.717) is 19.3 Å². The van der Waals surface area contributed by atoms with Crippen LogP contribution in [-0.4, -0.2) is 59.3 Å². The number of carbonyl (C=O) groups excluding carboxylic acids is 3. The number of carboxylic acid groups (broad SMARTS) is 1. The van der Waals surface area contributed by atoms with Crippen LogP contribution in [0, 0.1) is 0 Å². The minimum atomic E-state index is -1.38. The van der Waals surface area contributed by atoms with Crippen LogP contribution in [0.5, 0.6) is 0 Å². The van der Waals surface area contributed by atoms with E-state index in [-0.39, 0.29) is 24.5 Å². The molecular weight excluding hydrogens is 705 g/mol. The van der Waals surface area contributed by atoms with E-state index >= 15 is 0 Å². The van der Waals surface area contributed by atoms with Gasteiger partial charge in [0, 0.05) is 12.8 Å². The highest BCUT2D eigenvalue weighted by atomic mass is 16.5. The van der Waals surface area contributed by atoms with Gasteiger partial charge in [-0.2, -0.15) is 0 Å². The van der Waals surface area contributed by atoms with Gasteiger partial charge in [-0.3, -0.25) is 14.4 Å². The summed E-state index contributed by atoms with van der Waals surface area (Å²) in [5.74, 6) is -2.37. The molecule has 0 aliphatic rings. The monoisotopic (exact) mass is 785 g/mol. The first-order chi connectivity index (χ1) is 27.3. The van der Waals surface area contributed by atoms with Crippen LogP contribution in [-0.2, 0) is 23.9 Å². The average molecular weight is 785 g/mol. The van der Waals surface area contributed by atoms with E-state index in [1.165, 1.54) is 64.2 Å². The van der Waals surface area contributed by atoms with Crippen LogP contribution >= 0.6 is 0 Å². The molecule has 0 rings (SSSR count). The maximum absolute atomic E-state index is 12.7. The summed E-state index contributed by atoms with van der Waals surface area (Å²) in [4.78, 5) is 47.4. The number of hydrogen-bond donors (Lipinski definition) is 4. The third-order valence-electron chi connectivity index (χ3n) is 9.47. The van der Waals surface area contributed by atoms with Crippen molar-refractivity contribution in [1.82, 2.24) is 10.6 Å². The van der Waals surface area contributed by atoms with E-state index in [9.17, 15) is 19.2 Å². The zero-order chi connectivity index (χ0) is 41.2. The third-order valence-corrected chi connectivity index (χ3v) is 9.47. The van der Waals surface area contributed by atoms with Gasteiger partial charge in [0.15, 0.2) is 0 Å². The molecule has 0 bridgehead atoms. The molecule has 4 N–H and O–H groups in total. The molecule has 0 heterocycles. The lowest BCUT2D eigenvalue weighted by atomic mass is 10.1. The van der Waals surface area contributed by atoms with Crippen LogP contribution in [0.1, 0.15) is 187 Å². The molecule has 9 heteroatoms. The highest BCUT2D eigenvalue weighted by Crippen LogP contribution is 2.15. The number of esters is 1. The van der Waals surface area contributed by atoms with E-state index in [1.54, 1.807) is 0 Å². The van der Waals surface area contributed by atoms with Gasteiger partial charge in [-0.15, -0.1) is 0 Å². The van der Waals surface area contributed by atoms with E-state index in [1.807, 2.05) is 0 Å². The van der Waals surface area contributed by atoms with Crippen molar-refractivity contribution in [2.45, 2.75) is 199 Å². The van der Waals surface area contributed by atoms with Crippen molar-refractivity contribution in [3.8, 4) is 0 Å². The fourth-order valence-corrected chi connectivity index (χ4v) is 6.02. The molecular formula is C47H80N2O7. The van der Waals surface area contributed by atoms with Gasteiger partial charge in [-0.05, 0) is 89.5 Å². The van der Waals surface area contributed by atoms with E-state index in [2.05, 4.69) is 85.2 Å². The molecule has 2 amide bonds. The summed E-state index contributed by atoms with van der Waals surface area (Å²) in [6.45, 7) is 3.41. The predicted molar refractivity (Wildman–Crippen MR) is 231 cm³/mol. The second-order valence-electron chi connectivity index (χ2n) is 14.8. The number of carboxylic acids is 1. The molecule has 2 atom stereocenters. The van der Waals surface area contributed by atoms with Crippen LogP contribution in [0.25, 0.3) is 0 Å². The summed E-state index contributed by atoms with van der Waals surface area (Å²) in [6.07, 6.45) is 49.8. The molecule has 0 fully saturated rings. The summed E-state index contributed by atoms with van der Waals surface area (Å²) in [5.41, 5.74) is 0. The molecule has 0 aromatic heterocycles. The number of aliphatic carboxylic acids is 1. The summed E-state index contributed by atoms with van der Waals surface area (Å²) < 4.78 is 5.92. The van der Waals surface area contributed by atoms with Crippen molar-refractivity contribution in [3.63, 3.8) is 0 Å². The van der Waals surface area contributed by atoms with Crippen LogP contribution in [0.3, 0.4) is 0 Å². The molecule has 0 aliphatic carbocycles. The molecule has 0 saturated carbocycles. The van der Waals surface area contributed by atoms with Crippen LogP contribution in [0.4, 0.5) is 0 Å². The number of rotatable bonds is 39. The summed E-state index contributed by atoms with van der Waals surface area (Å²) >= 11 is 0. The van der Waals surface area contributed by atoms with Gasteiger partial charge in [0.05, 0.1) is 13.2 Å². The quantitative estimate of drug-likeness (QED) is 0.0276. The second kappa shape index (κ2) is 41.2. The Labute approximate surface area is 341 Å². The average Bonchev–Trinajstić information content (AvgIpc) is 3.18. The van der Waals surface area contributed by atoms with Crippen molar-refractivity contribution in [2.75, 3.05) is 13.2 Å². The minimum Gasteiger partial charge on any atom is -0.480 e. The summed E-state index contributed by atoms with van der Waals surface area (Å²) in [5, 5.41) is 22.5. The number of hydrogen-bond acceptors (Lipinski definition) is 6. The maximum atomic E-state index is 12.7. The molecule has 2 unspecified atom stereocenters. The Morgan fingerprint density at radius 3 is 1.55 bits per heavy atom. The number of ether oxygens (including phenoxy) is 1. The van der Waals surface area contributed by atoms with Gasteiger partial charge < -0.3 is 25.6 Å². The fraction of sp³-hybridized carbons (Fsp3) is 0.702. The maximum Gasteiger partial charge on any atom is 0.328 e. The normalized spacial score (nSPS) is 13.1. The zero-order valence-electron chi connectivity index (χ0n) is 35.4. The topological polar surface area (TPSA) is 142 Å². The number of unbranched alkanes of at least 4 members (excludes halogenated alkanes) is 17. The molecule has 0 aromatic carbocycles. The first kappa shape index (κ1) is 52.5. The standard InChI is InChI=1S/C47H80N2O7/c1-3-5-7-9-11-13-14-15-16-17-18-19-20-21-22-23-25-31-35-39-46(53)56-42(36-32-28-24-12-10-8-6-4-2)37-33-29-26-27-30-34-38-44(51)48-40-45(52)49-43(41-50)47(54)55/h11-13,15-16,18-19,24,32,36,42-43,50H,3-10,14,17,20-23,25-31,33-35,37-41H2,1-2H3,(H,48,51)(H,49,52)(H,54,55)/b13-11-,16-15-,19-18-,24-12-,36-32-. The van der Waals surface area contributed by atoms with E-state index < -0.39 is 24.5 Å². The van der Waals surface area contributed by atoms with E-state index in [0.717, 1.165) is 89.9 Å². The Hall–Kier alpha value is -3.46. The van der Waals surface area contributed by atoms with Gasteiger partial charge in [0.2, 0.25) is 11.8 Å². The number of aliphatic hydroxyl groups excluding tert-OH is 1. The fourth-order valence-electron chi connectivity index (χ4n) is 6.02. The van der Waals surface area contributed by atoms with Crippen LogP contribution in [0.15, 0.2) is 60.8 Å². The lowest BCUT2D eigenvalue weighted by Gasteiger charge is -2.15. The molecule has 0 radical (unpaired) electrons. The zero-order valence-corrected chi connectivity index (χ0v) is 35.4. The Bertz CT molecular complexity index is 1130. The van der Waals surface area contributed by atoms with Crippen molar-refractivity contribution >= 4 is 23.8 Å². The Kier molecular flexibility index (Phi) is 38.6. The van der Waals surface area contributed by atoms with Crippen molar-refractivity contribution in [2.24, 2.45) is 0 Å². The smallest absolute Gasteiger partial charge is 0.328 e. The van der Waals surface area contributed by atoms with Gasteiger partial charge in [-0.1, -0.05) is 146 Å². The Morgan fingerprint density at radius 2 is 1.02 bits per heavy atom. The van der Waals surface area contributed by atoms with Gasteiger partial charge in [-0.25, -0.2) is 4.79 Å². The molecule has 9 nitrogen and oxygen atoms in total. The first-order valence-corrected chi connectivity index (χ1v) is 22.2. The molecule has 0 saturated heterocycles. The number of amides is 2. The molecule has 0 aromatic rings. The molecule has 0 spiro atoms. The largest absolute Gasteiger partial charge is 0.480 e. The molecule has 0 aliphatic heterocycles. The molecule has 320 valence electrons. The highest BCUT2D eigenvalue weighted by molar-refractivity contribution is 5.87. The van der Waals surface area contributed by atoms with Crippen LogP contribution < -0.4 is 10.6 Å². The van der Waals surface area contributed by atoms with Gasteiger partial charge in [0.25, 0.3) is 0 Å². The summed E-state index contributed by atoms with van der Waals surface area (Å²) in [6, 6.07) is -1.38. The van der Waals surface area contributed by atoms with Crippen molar-refractivity contribution in [1.29, 1.82) is 0 Å². The number of allylic oxidation sites excluding steroid dienone is 9. The third kappa shape index (κ3) is 37.5. The predicted octanol–water partition coefficient (Wildman–Crippen LogP) is 10.9. The van der Waals surface area contributed by atoms with Crippen LogP contribution in [0.2, 0.25) is 0 Å². The van der Waals surface area contributed by atoms with Gasteiger partial charge in [0.1, 0.15) is 12.1 Å². The van der Waals surface area contributed by atoms with Crippen molar-refractivity contribution in [3.05, 3.63) is 60.8 Å². The van der Waals surface area contributed by atoms with E-state index in [4.69, 9.17) is 14.9 Å². The number of carbonyl (C=O) groups is 4. The SMILES string of the molecule is CCCCC/C=C\C/C=C\C/C=C\CCCCCCCCC(=O)OC(/C=C\C/C=C\CCCCC)CCCCCCCCC(=O)NCC(=O)NC(CO)C(=O)O. The lowest BCUT2D eigenvalue weighted by molar-refractivity contribution is -0.147. The highest BCUT2D eigenvalue weighted by Gasteiger charge is 2.18. The second-order valence-corrected chi connectivity index (χ2v) is 14.8. The Morgan fingerprint density at radius 1 is 0.554 bits per heavy atom. The number of nitrogens with one attached hydrogen (secondary N) is 2. The molecule has 56 heavy (non-hydrogen) atoms. The van der Waals surface area contributed by atoms with Crippen molar-refractivity contribution < 1.29 is 34.1 Å². The Balaban J connectivity index is 4.25. The number of aliphatic hydroxyl groups is 1. The van der Waals surface area contributed by atoms with Gasteiger partial charge >= 0.3 is 11.9 Å². The minimum absolute atomic E-state index is 0.109. The first-order valence-electron chi connectivity index (χ1n) is 22.2. The lowest BCUT2D eigenvalue weighted by Crippen LogP contribution is -2.47.